The van der Waals surface area contributed by atoms with Crippen LogP contribution in [0.25, 0.3) is 0 Å². The summed E-state index contributed by atoms with van der Waals surface area (Å²) in [6, 6.07) is 19.4. The largest absolute Gasteiger partial charge is 0.328 e. The van der Waals surface area contributed by atoms with Crippen LogP contribution in [-0.4, -0.2) is 25.7 Å². The fourth-order valence-corrected chi connectivity index (χ4v) is 4.64. The molecule has 0 radical (unpaired) electrons. The second-order valence-electron chi connectivity index (χ2n) is 7.72. The third kappa shape index (κ3) is 4.42. The zero-order chi connectivity index (χ0) is 23.5. The Morgan fingerprint density at radius 3 is 2.68 bits per heavy atom. The first-order valence-electron chi connectivity index (χ1n) is 10.7. The van der Waals surface area contributed by atoms with E-state index in [9.17, 15) is 9.18 Å². The van der Waals surface area contributed by atoms with Crippen molar-refractivity contribution in [3.8, 4) is 0 Å². The number of aromatic nitrogens is 4. The van der Waals surface area contributed by atoms with Gasteiger partial charge in [-0.1, -0.05) is 60.3 Å². The number of halogens is 1. The lowest BCUT2D eigenvalue weighted by atomic mass is 9.95. The lowest BCUT2D eigenvalue weighted by Gasteiger charge is -2.28. The third-order valence-corrected chi connectivity index (χ3v) is 6.31. The molecular formula is C25H21FN6OS. The molecule has 2 aromatic carbocycles. The molecule has 1 aliphatic heterocycles. The van der Waals surface area contributed by atoms with E-state index in [1.807, 2.05) is 37.3 Å². The summed E-state index contributed by atoms with van der Waals surface area (Å²) in [6.45, 7) is 1.85. The second kappa shape index (κ2) is 9.48. The van der Waals surface area contributed by atoms with E-state index in [-0.39, 0.29) is 11.7 Å². The van der Waals surface area contributed by atoms with Crippen molar-refractivity contribution in [2.45, 2.75) is 23.9 Å². The van der Waals surface area contributed by atoms with Crippen LogP contribution in [0.1, 0.15) is 24.1 Å². The Labute approximate surface area is 200 Å². The monoisotopic (exact) mass is 472 g/mol. The third-order valence-electron chi connectivity index (χ3n) is 5.43. The minimum Gasteiger partial charge on any atom is -0.328 e. The summed E-state index contributed by atoms with van der Waals surface area (Å²) in [5.74, 6) is 0.410. The van der Waals surface area contributed by atoms with E-state index >= 15 is 0 Å². The molecule has 1 amide bonds. The van der Waals surface area contributed by atoms with Crippen molar-refractivity contribution in [1.82, 2.24) is 19.7 Å². The summed E-state index contributed by atoms with van der Waals surface area (Å²) < 4.78 is 15.8. The molecule has 0 fully saturated rings. The average Bonchev–Trinajstić information content (AvgIpc) is 3.26. The van der Waals surface area contributed by atoms with Gasteiger partial charge in [-0.25, -0.2) is 9.07 Å². The second-order valence-corrected chi connectivity index (χ2v) is 8.66. The molecule has 0 saturated heterocycles. The minimum atomic E-state index is -0.482. The number of benzene rings is 2. The van der Waals surface area contributed by atoms with Crippen LogP contribution in [0, 0.1) is 5.82 Å². The van der Waals surface area contributed by atoms with Crippen molar-refractivity contribution < 1.29 is 9.18 Å². The molecular weight excluding hydrogens is 451 g/mol. The number of carbonyl (C=O) groups excluding carboxylic acids is 1. The van der Waals surface area contributed by atoms with Crippen molar-refractivity contribution in [3.63, 3.8) is 0 Å². The first-order valence-corrected chi connectivity index (χ1v) is 11.7. The van der Waals surface area contributed by atoms with E-state index in [2.05, 4.69) is 25.7 Å². The number of rotatable bonds is 6. The SMILES string of the molecule is CC1=C(C(=O)Nc2cccnc2)[C@@H](c2ccccc2)n2nc(SCc3ccccc3F)nc2N1. The van der Waals surface area contributed by atoms with Crippen LogP contribution in [-0.2, 0) is 10.5 Å². The number of nitrogens with zero attached hydrogens (tertiary/aromatic N) is 4. The van der Waals surface area contributed by atoms with Gasteiger partial charge in [0.1, 0.15) is 11.9 Å². The normalized spacial score (nSPS) is 14.9. The van der Waals surface area contributed by atoms with E-state index in [1.165, 1.54) is 17.8 Å². The van der Waals surface area contributed by atoms with Crippen molar-refractivity contribution >= 4 is 29.3 Å². The Balaban J connectivity index is 1.48. The zero-order valence-corrected chi connectivity index (χ0v) is 19.1. The number of amides is 1. The molecule has 2 aromatic heterocycles. The van der Waals surface area contributed by atoms with E-state index in [1.54, 1.807) is 47.4 Å². The van der Waals surface area contributed by atoms with Gasteiger partial charge < -0.3 is 10.6 Å². The molecule has 0 bridgehead atoms. The summed E-state index contributed by atoms with van der Waals surface area (Å²) in [7, 11) is 0. The van der Waals surface area contributed by atoms with Gasteiger partial charge >= 0.3 is 0 Å². The van der Waals surface area contributed by atoms with Crippen LogP contribution >= 0.6 is 11.8 Å². The first-order chi connectivity index (χ1) is 16.6. The van der Waals surface area contributed by atoms with Crippen molar-refractivity contribution in [2.24, 2.45) is 0 Å². The highest BCUT2D eigenvalue weighted by atomic mass is 32.2. The molecule has 0 spiro atoms. The molecule has 5 rings (SSSR count). The molecule has 170 valence electrons. The van der Waals surface area contributed by atoms with Crippen LogP contribution in [0.2, 0.25) is 0 Å². The number of allylic oxidation sites excluding steroid dienone is 1. The minimum absolute atomic E-state index is 0.256. The number of carbonyl (C=O) groups is 1. The van der Waals surface area contributed by atoms with Crippen LogP contribution in [0.4, 0.5) is 16.0 Å². The van der Waals surface area contributed by atoms with Crippen molar-refractivity contribution in [1.29, 1.82) is 0 Å². The summed E-state index contributed by atoms with van der Waals surface area (Å²) in [5, 5.41) is 11.3. The molecule has 0 saturated carbocycles. The fourth-order valence-electron chi connectivity index (χ4n) is 3.82. The molecule has 1 atom stereocenters. The molecule has 9 heteroatoms. The lowest BCUT2D eigenvalue weighted by Crippen LogP contribution is -2.31. The van der Waals surface area contributed by atoms with Gasteiger partial charge in [0, 0.05) is 17.6 Å². The molecule has 2 N–H and O–H groups in total. The lowest BCUT2D eigenvalue weighted by molar-refractivity contribution is -0.113. The molecule has 0 aliphatic carbocycles. The van der Waals surface area contributed by atoms with E-state index in [0.717, 1.165) is 5.56 Å². The average molecular weight is 473 g/mol. The maximum atomic E-state index is 14.0. The van der Waals surface area contributed by atoms with E-state index in [4.69, 9.17) is 0 Å². The number of hydrogen-bond donors (Lipinski definition) is 2. The Hall–Kier alpha value is -3.98. The smallest absolute Gasteiger partial charge is 0.255 e. The van der Waals surface area contributed by atoms with Crippen LogP contribution in [0.15, 0.2) is 95.6 Å². The molecule has 0 unspecified atom stereocenters. The zero-order valence-electron chi connectivity index (χ0n) is 18.3. The number of hydrogen-bond acceptors (Lipinski definition) is 6. The number of fused-ring (bicyclic) bond motifs is 1. The van der Waals surface area contributed by atoms with Gasteiger partial charge in [-0.05, 0) is 36.2 Å². The van der Waals surface area contributed by atoms with Crippen LogP contribution in [0.3, 0.4) is 0 Å². The fraction of sp³-hybridized carbons (Fsp3) is 0.120. The Morgan fingerprint density at radius 2 is 1.91 bits per heavy atom. The van der Waals surface area contributed by atoms with Gasteiger partial charge in [0.15, 0.2) is 0 Å². The predicted molar refractivity (Wildman–Crippen MR) is 130 cm³/mol. The van der Waals surface area contributed by atoms with E-state index in [0.29, 0.717) is 39.4 Å². The van der Waals surface area contributed by atoms with Gasteiger partial charge in [0.25, 0.3) is 5.91 Å². The highest BCUT2D eigenvalue weighted by Crippen LogP contribution is 2.37. The van der Waals surface area contributed by atoms with Gasteiger partial charge in [-0.2, -0.15) is 4.98 Å². The predicted octanol–water partition coefficient (Wildman–Crippen LogP) is 5.03. The Bertz CT molecular complexity index is 1360. The summed E-state index contributed by atoms with van der Waals surface area (Å²) >= 11 is 1.34. The topological polar surface area (TPSA) is 84.7 Å². The van der Waals surface area contributed by atoms with Gasteiger partial charge in [-0.3, -0.25) is 9.78 Å². The van der Waals surface area contributed by atoms with Crippen LogP contribution in [0.5, 0.6) is 0 Å². The number of thioether (sulfide) groups is 1. The molecule has 4 aromatic rings. The molecule has 34 heavy (non-hydrogen) atoms. The summed E-state index contributed by atoms with van der Waals surface area (Å²) in [5.41, 5.74) is 3.29. The van der Waals surface area contributed by atoms with Gasteiger partial charge in [0.2, 0.25) is 11.1 Å². The van der Waals surface area contributed by atoms with Crippen molar-refractivity contribution in [3.05, 3.63) is 107 Å². The van der Waals surface area contributed by atoms with Crippen LogP contribution < -0.4 is 10.6 Å². The van der Waals surface area contributed by atoms with Crippen molar-refractivity contribution in [2.75, 3.05) is 10.6 Å². The number of pyridine rings is 1. The van der Waals surface area contributed by atoms with Gasteiger partial charge in [0.05, 0.1) is 17.5 Å². The highest BCUT2D eigenvalue weighted by Gasteiger charge is 2.34. The quantitative estimate of drug-likeness (QED) is 0.383. The standard InChI is InChI=1S/C25H21FN6OS/c1-16-21(23(33)29-19-11-7-13-27-14-19)22(17-8-3-2-4-9-17)32-24(28-16)30-25(31-32)34-15-18-10-5-6-12-20(18)26/h2-14,22H,15H2,1H3,(H,29,33)(H,28,30,31)/t22-/m1/s1. The summed E-state index contributed by atoms with van der Waals surface area (Å²) in [4.78, 5) is 22.1. The first kappa shape index (κ1) is 21.8. The maximum Gasteiger partial charge on any atom is 0.255 e. The van der Waals surface area contributed by atoms with E-state index < -0.39 is 6.04 Å². The molecule has 7 nitrogen and oxygen atoms in total. The maximum absolute atomic E-state index is 14.0. The highest BCUT2D eigenvalue weighted by molar-refractivity contribution is 7.98. The molecule has 1 aliphatic rings. The summed E-state index contributed by atoms with van der Waals surface area (Å²) in [6.07, 6.45) is 3.25. The van der Waals surface area contributed by atoms with Gasteiger partial charge in [-0.15, -0.1) is 5.10 Å². The molecule has 3 heterocycles. The Kier molecular flexibility index (Phi) is 6.09. The number of anilines is 2. The Morgan fingerprint density at radius 1 is 1.12 bits per heavy atom. The number of nitrogens with one attached hydrogen (secondary N) is 2.